The summed E-state index contributed by atoms with van der Waals surface area (Å²) in [7, 11) is -3.84. The molecule has 0 aliphatic rings. The van der Waals surface area contributed by atoms with Gasteiger partial charge in [-0.05, 0) is 30.0 Å². The van der Waals surface area contributed by atoms with Crippen LogP contribution in [-0.4, -0.2) is 38.2 Å². The van der Waals surface area contributed by atoms with Gasteiger partial charge in [0.15, 0.2) is 5.13 Å². The minimum atomic E-state index is -3.84. The van der Waals surface area contributed by atoms with Crippen LogP contribution in [0.4, 0.5) is 5.13 Å². The van der Waals surface area contributed by atoms with Gasteiger partial charge in [-0.1, -0.05) is 73.4 Å². The van der Waals surface area contributed by atoms with Crippen LogP contribution in [0.5, 0.6) is 0 Å². The van der Waals surface area contributed by atoms with Gasteiger partial charge in [-0.25, -0.2) is 13.4 Å². The van der Waals surface area contributed by atoms with E-state index in [1.807, 2.05) is 41.3 Å². The second-order valence-corrected chi connectivity index (χ2v) is 12.5. The second kappa shape index (κ2) is 12.9. The van der Waals surface area contributed by atoms with E-state index in [0.717, 1.165) is 28.1 Å². The minimum Gasteiger partial charge on any atom is -0.343 e. The molecule has 3 rings (SSSR count). The average molecular weight is 570 g/mol. The molecule has 0 bridgehead atoms. The Labute approximate surface area is 226 Å². The van der Waals surface area contributed by atoms with Crippen LogP contribution in [0.25, 0.3) is 11.3 Å². The van der Waals surface area contributed by atoms with Gasteiger partial charge in [0.1, 0.15) is 0 Å². The van der Waals surface area contributed by atoms with Crippen LogP contribution in [-0.2, 0) is 27.8 Å². The highest BCUT2D eigenvalue weighted by Crippen LogP contribution is 2.37. The van der Waals surface area contributed by atoms with E-state index < -0.39 is 15.9 Å². The van der Waals surface area contributed by atoms with Crippen LogP contribution in [0.15, 0.2) is 48.5 Å². The predicted octanol–water partition coefficient (Wildman–Crippen LogP) is 5.12. The third-order valence-electron chi connectivity index (χ3n) is 5.23. The van der Waals surface area contributed by atoms with Crippen molar-refractivity contribution in [3.8, 4) is 11.3 Å². The number of anilines is 1. The smallest absolute Gasteiger partial charge is 0.236 e. The number of rotatable bonds is 12. The number of sulfonamides is 1. The van der Waals surface area contributed by atoms with Crippen LogP contribution in [0.2, 0.25) is 10.0 Å². The van der Waals surface area contributed by atoms with E-state index in [4.69, 9.17) is 33.9 Å². The number of amides is 1. The van der Waals surface area contributed by atoms with Crippen molar-refractivity contribution in [2.45, 2.75) is 33.2 Å². The van der Waals surface area contributed by atoms with Crippen molar-refractivity contribution in [3.05, 3.63) is 69.0 Å². The number of nitrogens with one attached hydrogen (secondary N) is 1. The fraction of sp³-hybridized carbons (Fsp3) is 0.360. The first-order valence-corrected chi connectivity index (χ1v) is 14.8. The Morgan fingerprint density at radius 2 is 1.86 bits per heavy atom. The molecule has 2 aromatic carbocycles. The zero-order valence-electron chi connectivity index (χ0n) is 20.2. The number of hydrogen-bond donors (Lipinski definition) is 2. The zero-order chi connectivity index (χ0) is 26.3. The van der Waals surface area contributed by atoms with Crippen LogP contribution < -0.4 is 15.4 Å². The summed E-state index contributed by atoms with van der Waals surface area (Å²) in [5.41, 5.74) is 8.03. The number of thiazole rings is 1. The van der Waals surface area contributed by atoms with Gasteiger partial charge < -0.3 is 10.6 Å². The molecule has 0 saturated heterocycles. The lowest BCUT2D eigenvalue weighted by molar-refractivity contribution is -0.119. The normalized spacial score (nSPS) is 11.6. The summed E-state index contributed by atoms with van der Waals surface area (Å²) in [4.78, 5) is 19.8. The van der Waals surface area contributed by atoms with Gasteiger partial charge in [0, 0.05) is 36.5 Å². The molecule has 0 unspecified atom stereocenters. The summed E-state index contributed by atoms with van der Waals surface area (Å²) in [6.45, 7) is 4.96. The zero-order valence-corrected chi connectivity index (χ0v) is 23.4. The summed E-state index contributed by atoms with van der Waals surface area (Å²) in [6.07, 6.45) is 0.755. The number of aromatic nitrogens is 1. The Kier molecular flexibility index (Phi) is 10.2. The van der Waals surface area contributed by atoms with Crippen LogP contribution in [0.1, 0.15) is 30.7 Å². The first kappa shape index (κ1) is 28.4. The molecule has 0 aliphatic heterocycles. The summed E-state index contributed by atoms with van der Waals surface area (Å²) in [6, 6.07) is 15.2. The maximum absolute atomic E-state index is 12.6. The van der Waals surface area contributed by atoms with E-state index in [0.29, 0.717) is 27.6 Å². The number of benzene rings is 2. The van der Waals surface area contributed by atoms with Gasteiger partial charge in [-0.3, -0.25) is 9.52 Å². The summed E-state index contributed by atoms with van der Waals surface area (Å²) >= 11 is 13.9. The van der Waals surface area contributed by atoms with Gasteiger partial charge in [0.05, 0.1) is 21.5 Å². The first-order chi connectivity index (χ1) is 17.1. The molecule has 0 atom stereocenters. The highest BCUT2D eigenvalue weighted by Gasteiger charge is 2.22. The van der Waals surface area contributed by atoms with Gasteiger partial charge in [-0.2, -0.15) is 0 Å². The monoisotopic (exact) mass is 568 g/mol. The maximum Gasteiger partial charge on any atom is 0.236 e. The molecule has 11 heteroatoms. The molecule has 3 aromatic rings. The van der Waals surface area contributed by atoms with E-state index in [9.17, 15) is 13.2 Å². The minimum absolute atomic E-state index is 0.0506. The number of nitrogens with zero attached hydrogens (tertiary/aromatic N) is 2. The maximum atomic E-state index is 12.6. The van der Waals surface area contributed by atoms with Crippen LogP contribution in [0.3, 0.4) is 0 Å². The topological polar surface area (TPSA) is 105 Å². The Balaban J connectivity index is 1.96. The van der Waals surface area contributed by atoms with E-state index in [-0.39, 0.29) is 25.3 Å². The summed E-state index contributed by atoms with van der Waals surface area (Å²) < 4.78 is 27.2. The van der Waals surface area contributed by atoms with Crippen molar-refractivity contribution in [1.29, 1.82) is 0 Å². The Hall–Kier alpha value is -2.17. The van der Waals surface area contributed by atoms with Crippen LogP contribution in [0, 0.1) is 5.92 Å². The Morgan fingerprint density at radius 3 is 2.50 bits per heavy atom. The number of carbonyl (C=O) groups is 1. The van der Waals surface area contributed by atoms with E-state index >= 15 is 0 Å². The number of nitrogens with two attached hydrogens (primary N) is 1. The van der Waals surface area contributed by atoms with Crippen molar-refractivity contribution < 1.29 is 13.2 Å². The van der Waals surface area contributed by atoms with Gasteiger partial charge in [0.2, 0.25) is 15.9 Å². The molecule has 7 nitrogen and oxygen atoms in total. The van der Waals surface area contributed by atoms with Gasteiger partial charge >= 0.3 is 0 Å². The van der Waals surface area contributed by atoms with Crippen molar-refractivity contribution in [2.75, 3.05) is 23.7 Å². The molecule has 1 heterocycles. The Bertz CT molecular complexity index is 1280. The third-order valence-corrected chi connectivity index (χ3v) is 8.37. The van der Waals surface area contributed by atoms with Crippen molar-refractivity contribution in [2.24, 2.45) is 11.7 Å². The number of hydrogen-bond acceptors (Lipinski definition) is 7. The molecule has 0 spiro atoms. The van der Waals surface area contributed by atoms with E-state index in [2.05, 4.69) is 18.6 Å². The Morgan fingerprint density at radius 1 is 1.14 bits per heavy atom. The third kappa shape index (κ3) is 8.18. The molecule has 3 N–H and O–H groups in total. The van der Waals surface area contributed by atoms with Gasteiger partial charge in [-0.15, -0.1) is 11.3 Å². The average Bonchev–Trinajstić information content (AvgIpc) is 3.21. The highest BCUT2D eigenvalue weighted by atomic mass is 35.5. The SMILES string of the molecule is CC(C)Cc1sc(N(CCS(=O)(=O)NC(=O)CCN)Cc2ccccc2)nc1-c1ccc(Cl)c(Cl)c1. The highest BCUT2D eigenvalue weighted by molar-refractivity contribution is 7.90. The molecule has 0 aliphatic carbocycles. The molecule has 0 fully saturated rings. The van der Waals surface area contributed by atoms with E-state index in [1.54, 1.807) is 12.1 Å². The molecule has 36 heavy (non-hydrogen) atoms. The van der Waals surface area contributed by atoms with Crippen LogP contribution >= 0.6 is 34.5 Å². The quantitative estimate of drug-likeness (QED) is 0.314. The molecule has 1 aromatic heterocycles. The van der Waals surface area contributed by atoms with E-state index in [1.165, 1.54) is 11.3 Å². The lowest BCUT2D eigenvalue weighted by Gasteiger charge is -2.22. The van der Waals surface area contributed by atoms with Crippen molar-refractivity contribution in [3.63, 3.8) is 0 Å². The molecule has 0 saturated carbocycles. The first-order valence-electron chi connectivity index (χ1n) is 11.6. The fourth-order valence-electron chi connectivity index (χ4n) is 3.54. The standard InChI is InChI=1S/C25H30Cl2N4O3S2/c1-17(2)14-22-24(19-8-9-20(26)21(27)15-19)29-25(35-22)31(16-18-6-4-3-5-7-18)12-13-36(33,34)30-23(32)10-11-28/h3-9,15,17H,10-14,16,28H2,1-2H3,(H,30,32). The van der Waals surface area contributed by atoms with Gasteiger partial charge in [0.25, 0.3) is 0 Å². The number of halogens is 2. The summed E-state index contributed by atoms with van der Waals surface area (Å²) in [5.74, 6) is -0.486. The molecule has 0 radical (unpaired) electrons. The molecular formula is C25H30Cl2N4O3S2. The van der Waals surface area contributed by atoms with Crippen molar-refractivity contribution in [1.82, 2.24) is 9.71 Å². The molecule has 1 amide bonds. The fourth-order valence-corrected chi connectivity index (χ4v) is 6.16. The largest absolute Gasteiger partial charge is 0.343 e. The molecular weight excluding hydrogens is 539 g/mol. The molecule has 194 valence electrons. The van der Waals surface area contributed by atoms with Crippen molar-refractivity contribution >= 4 is 55.6 Å². The second-order valence-electron chi connectivity index (χ2n) is 8.79. The lowest BCUT2D eigenvalue weighted by Crippen LogP contribution is -2.38. The lowest BCUT2D eigenvalue weighted by atomic mass is 10.0. The predicted molar refractivity (Wildman–Crippen MR) is 149 cm³/mol. The summed E-state index contributed by atoms with van der Waals surface area (Å²) in [5, 5.41) is 1.60. The number of carbonyl (C=O) groups excluding carboxylic acids is 1.